The lowest BCUT2D eigenvalue weighted by Gasteiger charge is -2.16. The van der Waals surface area contributed by atoms with E-state index in [1.54, 1.807) is 14.2 Å². The molecule has 1 aromatic heterocycles. The van der Waals surface area contributed by atoms with Crippen molar-refractivity contribution < 1.29 is 42.1 Å². The molecule has 10 heteroatoms. The van der Waals surface area contributed by atoms with Crippen LogP contribution in [0.4, 0.5) is 5.69 Å². The Morgan fingerprint density at radius 2 is 1.38 bits per heavy atom. The first kappa shape index (κ1) is 29.8. The standard InChI is InChI=1S/C30H39N2O8/c1-33-17-19-37-23-21-35-15-13-31-25-7-3-5-9-27(25)39-29(31)11-12-30-32(26-8-4-6-10-28(26)40-30)14-16-36-22-24-38-20-18-34-2/h3-11H,13-24H2,1-2H3/q+1. The van der Waals surface area contributed by atoms with Gasteiger partial charge in [-0.3, -0.25) is 4.90 Å². The number of aromatic nitrogens is 1. The molecular weight excluding hydrogens is 516 g/mol. The van der Waals surface area contributed by atoms with E-state index in [0.717, 1.165) is 22.5 Å². The van der Waals surface area contributed by atoms with Crippen molar-refractivity contribution in [3.8, 4) is 5.75 Å². The molecule has 4 rings (SSSR count). The van der Waals surface area contributed by atoms with Gasteiger partial charge in [-0.05, 0) is 23.9 Å². The molecule has 0 spiro atoms. The molecule has 0 saturated carbocycles. The molecule has 1 aliphatic heterocycles. The van der Waals surface area contributed by atoms with E-state index in [0.29, 0.717) is 90.9 Å². The minimum Gasteiger partial charge on any atom is -0.432 e. The maximum Gasteiger partial charge on any atom is 0.382 e. The highest BCUT2D eigenvalue weighted by Crippen LogP contribution is 2.38. The fraction of sp³-hybridized carbons (Fsp3) is 0.467. The third kappa shape index (κ3) is 8.64. The molecule has 0 radical (unpaired) electrons. The van der Waals surface area contributed by atoms with Crippen LogP contribution < -0.4 is 14.2 Å². The topological polar surface area (TPSA) is 84.9 Å². The van der Waals surface area contributed by atoms with Crippen molar-refractivity contribution in [3.63, 3.8) is 0 Å². The van der Waals surface area contributed by atoms with Gasteiger partial charge in [-0.15, -0.1) is 0 Å². The van der Waals surface area contributed by atoms with E-state index >= 15 is 0 Å². The zero-order valence-corrected chi connectivity index (χ0v) is 23.3. The van der Waals surface area contributed by atoms with Gasteiger partial charge in [-0.1, -0.05) is 24.3 Å². The second-order valence-corrected chi connectivity index (χ2v) is 8.81. The zero-order chi connectivity index (χ0) is 27.8. The van der Waals surface area contributed by atoms with E-state index in [1.807, 2.05) is 54.6 Å². The van der Waals surface area contributed by atoms with Crippen LogP contribution in [0.5, 0.6) is 5.75 Å². The molecule has 0 N–H and O–H groups in total. The van der Waals surface area contributed by atoms with Gasteiger partial charge in [0.05, 0.1) is 77.8 Å². The van der Waals surface area contributed by atoms with E-state index in [1.165, 1.54) is 0 Å². The SMILES string of the molecule is COCCOCCOCCN1C(=C=Cc2oc3ccccc3[n+]2CCOCCOCCOC)Oc2ccccc21. The lowest BCUT2D eigenvalue weighted by atomic mass is 10.3. The van der Waals surface area contributed by atoms with Gasteiger partial charge in [-0.2, -0.15) is 4.57 Å². The Kier molecular flexibility index (Phi) is 12.5. The van der Waals surface area contributed by atoms with Gasteiger partial charge in [0, 0.05) is 20.3 Å². The molecule has 40 heavy (non-hydrogen) atoms. The molecule has 0 atom stereocenters. The monoisotopic (exact) mass is 555 g/mol. The highest BCUT2D eigenvalue weighted by atomic mass is 16.5. The summed E-state index contributed by atoms with van der Waals surface area (Å²) in [6.07, 6.45) is 1.81. The molecule has 10 nitrogen and oxygen atoms in total. The van der Waals surface area contributed by atoms with Crippen molar-refractivity contribution in [2.45, 2.75) is 6.54 Å². The van der Waals surface area contributed by atoms with E-state index in [-0.39, 0.29) is 0 Å². The van der Waals surface area contributed by atoms with Crippen molar-refractivity contribution >= 4 is 22.9 Å². The number of oxazole rings is 1. The minimum atomic E-state index is 0.508. The Balaban J connectivity index is 1.41. The second kappa shape index (κ2) is 16.8. The molecule has 0 unspecified atom stereocenters. The van der Waals surface area contributed by atoms with E-state index in [4.69, 9.17) is 37.6 Å². The van der Waals surface area contributed by atoms with Crippen molar-refractivity contribution in [3.05, 3.63) is 66.0 Å². The largest absolute Gasteiger partial charge is 0.432 e. The van der Waals surface area contributed by atoms with Crippen LogP contribution in [0.3, 0.4) is 0 Å². The van der Waals surface area contributed by atoms with Gasteiger partial charge >= 0.3 is 5.89 Å². The van der Waals surface area contributed by atoms with Crippen LogP contribution in [0.25, 0.3) is 17.2 Å². The highest BCUT2D eigenvalue weighted by Gasteiger charge is 2.26. The Hall–Kier alpha value is -3.21. The third-order valence-corrected chi connectivity index (χ3v) is 6.09. The summed E-state index contributed by atoms with van der Waals surface area (Å²) in [6, 6.07) is 15.8. The van der Waals surface area contributed by atoms with E-state index in [9.17, 15) is 0 Å². The number of anilines is 1. The number of rotatable bonds is 19. The van der Waals surface area contributed by atoms with Crippen LogP contribution >= 0.6 is 0 Å². The van der Waals surface area contributed by atoms with Crippen LogP contribution in [-0.4, -0.2) is 86.8 Å². The molecular formula is C30H39N2O8+. The first-order valence-electron chi connectivity index (χ1n) is 13.5. The molecule has 0 bridgehead atoms. The van der Waals surface area contributed by atoms with E-state index < -0.39 is 0 Å². The summed E-state index contributed by atoms with van der Waals surface area (Å²) in [5.41, 5.74) is 6.05. The summed E-state index contributed by atoms with van der Waals surface area (Å²) in [5, 5.41) is 0. The smallest absolute Gasteiger partial charge is 0.382 e. The number of hydrogen-bond acceptors (Lipinski definition) is 9. The molecule has 1 aliphatic rings. The molecule has 2 aromatic carbocycles. The summed E-state index contributed by atoms with van der Waals surface area (Å²) >= 11 is 0. The maximum absolute atomic E-state index is 6.16. The lowest BCUT2D eigenvalue weighted by Crippen LogP contribution is -2.37. The molecule has 0 fully saturated rings. The molecule has 216 valence electrons. The average molecular weight is 556 g/mol. The fourth-order valence-corrected chi connectivity index (χ4v) is 4.12. The van der Waals surface area contributed by atoms with Gasteiger partial charge < -0.3 is 37.6 Å². The summed E-state index contributed by atoms with van der Waals surface area (Å²) in [5.74, 6) is 2.01. The first-order valence-corrected chi connectivity index (χ1v) is 13.5. The van der Waals surface area contributed by atoms with Crippen LogP contribution in [0.15, 0.2) is 64.6 Å². The fourth-order valence-electron chi connectivity index (χ4n) is 4.12. The summed E-state index contributed by atoms with van der Waals surface area (Å²) in [4.78, 5) is 2.05. The Labute approximate surface area is 235 Å². The number of methoxy groups -OCH3 is 2. The third-order valence-electron chi connectivity index (χ3n) is 6.09. The quantitative estimate of drug-likeness (QED) is 0.125. The maximum atomic E-state index is 6.16. The van der Waals surface area contributed by atoms with Crippen LogP contribution in [0, 0.1) is 0 Å². The molecule has 2 heterocycles. The predicted octanol–water partition coefficient (Wildman–Crippen LogP) is 3.43. The number of para-hydroxylation sites is 4. The van der Waals surface area contributed by atoms with Gasteiger partial charge in [0.15, 0.2) is 12.3 Å². The van der Waals surface area contributed by atoms with Crippen molar-refractivity contribution in [1.29, 1.82) is 0 Å². The van der Waals surface area contributed by atoms with Crippen LogP contribution in [0.1, 0.15) is 5.89 Å². The Morgan fingerprint density at radius 3 is 2.12 bits per heavy atom. The summed E-state index contributed by atoms with van der Waals surface area (Å²) in [6.45, 7) is 6.57. The zero-order valence-electron chi connectivity index (χ0n) is 23.3. The van der Waals surface area contributed by atoms with Crippen molar-refractivity contribution in [1.82, 2.24) is 0 Å². The molecule has 0 aliphatic carbocycles. The minimum absolute atomic E-state index is 0.508. The van der Waals surface area contributed by atoms with Crippen molar-refractivity contribution in [2.24, 2.45) is 0 Å². The van der Waals surface area contributed by atoms with Gasteiger partial charge in [-0.25, -0.2) is 0 Å². The van der Waals surface area contributed by atoms with Crippen LogP contribution in [0.2, 0.25) is 0 Å². The molecule has 3 aromatic rings. The molecule has 0 amide bonds. The normalized spacial score (nSPS) is 12.6. The predicted molar refractivity (Wildman–Crippen MR) is 149 cm³/mol. The number of benzene rings is 2. The summed E-state index contributed by atoms with van der Waals surface area (Å²) < 4.78 is 46.9. The number of hydrogen-bond donors (Lipinski definition) is 0. The highest BCUT2D eigenvalue weighted by molar-refractivity contribution is 5.70. The number of ether oxygens (including phenoxy) is 7. The molecule has 0 saturated heterocycles. The number of fused-ring (bicyclic) bond motifs is 2. The van der Waals surface area contributed by atoms with E-state index in [2.05, 4.69) is 15.2 Å². The Morgan fingerprint density at radius 1 is 0.750 bits per heavy atom. The average Bonchev–Trinajstić information content (AvgIpc) is 3.52. The first-order chi connectivity index (χ1) is 19.8. The summed E-state index contributed by atoms with van der Waals surface area (Å²) in [7, 11) is 3.31. The van der Waals surface area contributed by atoms with Gasteiger partial charge in [0.2, 0.25) is 11.5 Å². The van der Waals surface area contributed by atoms with Crippen LogP contribution in [-0.2, 0) is 35.0 Å². The second-order valence-electron chi connectivity index (χ2n) is 8.81. The Bertz CT molecular complexity index is 1240. The van der Waals surface area contributed by atoms with Gasteiger partial charge in [0.25, 0.3) is 5.52 Å². The van der Waals surface area contributed by atoms with Gasteiger partial charge in [0.1, 0.15) is 6.61 Å². The lowest BCUT2D eigenvalue weighted by molar-refractivity contribution is -0.679. The number of nitrogens with zero attached hydrogens (tertiary/aromatic N) is 2. The van der Waals surface area contributed by atoms with Crippen molar-refractivity contribution in [2.75, 3.05) is 91.7 Å².